The van der Waals surface area contributed by atoms with E-state index in [1.54, 1.807) is 11.8 Å². The third kappa shape index (κ3) is 3.75. The maximum Gasteiger partial charge on any atom is 0.252 e. The zero-order valence-corrected chi connectivity index (χ0v) is 16.6. The van der Waals surface area contributed by atoms with Crippen molar-refractivity contribution in [2.75, 3.05) is 5.75 Å². The SMILES string of the molecule is CCSc1ccccc1C(=O)N[C@H]1CC(CC)(CC)Oc2ccccc21. The van der Waals surface area contributed by atoms with Gasteiger partial charge in [-0.2, -0.15) is 0 Å². The number of benzene rings is 2. The molecule has 3 nitrogen and oxygen atoms in total. The Labute approximate surface area is 160 Å². The van der Waals surface area contributed by atoms with Gasteiger partial charge in [0.1, 0.15) is 11.4 Å². The molecule has 0 aromatic heterocycles. The Kier molecular flexibility index (Phi) is 5.92. The van der Waals surface area contributed by atoms with Crippen molar-refractivity contribution in [3.05, 3.63) is 59.7 Å². The fourth-order valence-corrected chi connectivity index (χ4v) is 4.40. The van der Waals surface area contributed by atoms with Crippen LogP contribution in [0.3, 0.4) is 0 Å². The molecule has 1 heterocycles. The van der Waals surface area contributed by atoms with E-state index in [1.807, 2.05) is 42.5 Å². The first-order chi connectivity index (χ1) is 12.6. The summed E-state index contributed by atoms with van der Waals surface area (Å²) in [5, 5.41) is 3.28. The molecule has 1 aliphatic heterocycles. The van der Waals surface area contributed by atoms with Crippen LogP contribution in [0.25, 0.3) is 0 Å². The Morgan fingerprint density at radius 2 is 1.81 bits per heavy atom. The predicted molar refractivity (Wildman–Crippen MR) is 108 cm³/mol. The number of hydrogen-bond acceptors (Lipinski definition) is 3. The summed E-state index contributed by atoms with van der Waals surface area (Å²) in [4.78, 5) is 14.1. The predicted octanol–water partition coefficient (Wildman–Crippen LogP) is 5.61. The van der Waals surface area contributed by atoms with E-state index in [0.717, 1.165) is 46.8 Å². The zero-order chi connectivity index (χ0) is 18.6. The van der Waals surface area contributed by atoms with Crippen molar-refractivity contribution >= 4 is 17.7 Å². The van der Waals surface area contributed by atoms with Crippen molar-refractivity contribution in [3.8, 4) is 5.75 Å². The van der Waals surface area contributed by atoms with E-state index < -0.39 is 0 Å². The number of carbonyl (C=O) groups excluding carboxylic acids is 1. The van der Waals surface area contributed by atoms with E-state index in [2.05, 4.69) is 32.2 Å². The summed E-state index contributed by atoms with van der Waals surface area (Å²) in [6.45, 7) is 6.41. The second kappa shape index (κ2) is 8.17. The van der Waals surface area contributed by atoms with Crippen molar-refractivity contribution in [2.24, 2.45) is 0 Å². The summed E-state index contributed by atoms with van der Waals surface area (Å²) in [6, 6.07) is 15.9. The van der Waals surface area contributed by atoms with Gasteiger partial charge in [-0.1, -0.05) is 51.1 Å². The maximum atomic E-state index is 13.0. The largest absolute Gasteiger partial charge is 0.487 e. The minimum absolute atomic E-state index is 0.00985. The Hall–Kier alpha value is -1.94. The smallest absolute Gasteiger partial charge is 0.252 e. The summed E-state index contributed by atoms with van der Waals surface area (Å²) in [6.07, 6.45) is 2.64. The summed E-state index contributed by atoms with van der Waals surface area (Å²) in [5.41, 5.74) is 1.60. The van der Waals surface area contributed by atoms with Crippen LogP contribution in [0.15, 0.2) is 53.4 Å². The summed E-state index contributed by atoms with van der Waals surface area (Å²) in [5.74, 6) is 1.83. The van der Waals surface area contributed by atoms with Crippen LogP contribution in [0.2, 0.25) is 0 Å². The average molecular weight is 370 g/mol. The van der Waals surface area contributed by atoms with E-state index in [-0.39, 0.29) is 17.6 Å². The van der Waals surface area contributed by atoms with Gasteiger partial charge < -0.3 is 10.1 Å². The standard InChI is InChI=1S/C22H27NO2S/c1-4-22(5-2)15-18(16-11-7-9-13-19(16)25-22)23-21(24)17-12-8-10-14-20(17)26-6-3/h7-14,18H,4-6,15H2,1-3H3,(H,23,24)/t18-/m0/s1. The molecule has 3 rings (SSSR count). The van der Waals surface area contributed by atoms with Crippen LogP contribution in [-0.2, 0) is 0 Å². The molecule has 0 saturated heterocycles. The molecule has 0 aliphatic carbocycles. The van der Waals surface area contributed by atoms with Gasteiger partial charge in [0.25, 0.3) is 5.91 Å². The highest BCUT2D eigenvalue weighted by atomic mass is 32.2. The highest BCUT2D eigenvalue weighted by Crippen LogP contribution is 2.42. The monoisotopic (exact) mass is 369 g/mol. The lowest BCUT2D eigenvalue weighted by Gasteiger charge is -2.41. The van der Waals surface area contributed by atoms with Crippen molar-refractivity contribution < 1.29 is 9.53 Å². The fourth-order valence-electron chi connectivity index (χ4n) is 3.60. The van der Waals surface area contributed by atoms with Gasteiger partial charge in [0.05, 0.1) is 11.6 Å². The Morgan fingerprint density at radius 1 is 1.12 bits per heavy atom. The molecule has 0 bridgehead atoms. The van der Waals surface area contributed by atoms with Gasteiger partial charge in [0, 0.05) is 16.9 Å². The lowest BCUT2D eigenvalue weighted by molar-refractivity contribution is 0.0227. The zero-order valence-electron chi connectivity index (χ0n) is 15.7. The lowest BCUT2D eigenvalue weighted by Crippen LogP contribution is -2.44. The lowest BCUT2D eigenvalue weighted by atomic mass is 9.83. The average Bonchev–Trinajstić information content (AvgIpc) is 2.68. The maximum absolute atomic E-state index is 13.0. The topological polar surface area (TPSA) is 38.3 Å². The normalized spacial score (nSPS) is 17.9. The Balaban J connectivity index is 1.90. The summed E-state index contributed by atoms with van der Waals surface area (Å²) >= 11 is 1.70. The molecular weight excluding hydrogens is 342 g/mol. The van der Waals surface area contributed by atoms with Crippen molar-refractivity contribution in [1.82, 2.24) is 5.32 Å². The number of amides is 1. The molecule has 0 radical (unpaired) electrons. The highest BCUT2D eigenvalue weighted by Gasteiger charge is 2.39. The molecule has 1 aliphatic rings. The van der Waals surface area contributed by atoms with E-state index in [4.69, 9.17) is 4.74 Å². The number of nitrogens with one attached hydrogen (secondary N) is 1. The molecule has 4 heteroatoms. The Morgan fingerprint density at radius 3 is 2.54 bits per heavy atom. The van der Waals surface area contributed by atoms with E-state index in [9.17, 15) is 4.79 Å². The van der Waals surface area contributed by atoms with Crippen LogP contribution in [0.5, 0.6) is 5.75 Å². The molecule has 1 N–H and O–H groups in total. The van der Waals surface area contributed by atoms with Crippen molar-refractivity contribution in [3.63, 3.8) is 0 Å². The van der Waals surface area contributed by atoms with Crippen LogP contribution in [0, 0.1) is 0 Å². The van der Waals surface area contributed by atoms with Crippen LogP contribution >= 0.6 is 11.8 Å². The van der Waals surface area contributed by atoms with Crippen molar-refractivity contribution in [2.45, 2.75) is 56.6 Å². The van der Waals surface area contributed by atoms with Gasteiger partial charge in [0.15, 0.2) is 0 Å². The van der Waals surface area contributed by atoms with Gasteiger partial charge in [-0.25, -0.2) is 0 Å². The molecule has 1 amide bonds. The van der Waals surface area contributed by atoms with Crippen LogP contribution in [0.1, 0.15) is 62.0 Å². The summed E-state index contributed by atoms with van der Waals surface area (Å²) < 4.78 is 6.34. The van der Waals surface area contributed by atoms with Gasteiger partial charge in [-0.15, -0.1) is 11.8 Å². The molecule has 0 unspecified atom stereocenters. The molecule has 2 aromatic carbocycles. The van der Waals surface area contributed by atoms with Crippen LogP contribution in [0.4, 0.5) is 0 Å². The van der Waals surface area contributed by atoms with Gasteiger partial charge in [-0.3, -0.25) is 4.79 Å². The minimum Gasteiger partial charge on any atom is -0.487 e. The van der Waals surface area contributed by atoms with E-state index in [0.29, 0.717) is 0 Å². The van der Waals surface area contributed by atoms with Crippen LogP contribution in [-0.4, -0.2) is 17.3 Å². The molecule has 26 heavy (non-hydrogen) atoms. The molecule has 0 fully saturated rings. The van der Waals surface area contributed by atoms with Gasteiger partial charge in [-0.05, 0) is 36.8 Å². The molecule has 1 atom stereocenters. The molecule has 138 valence electrons. The quantitative estimate of drug-likeness (QED) is 0.673. The van der Waals surface area contributed by atoms with Gasteiger partial charge >= 0.3 is 0 Å². The number of rotatable bonds is 6. The highest BCUT2D eigenvalue weighted by molar-refractivity contribution is 7.99. The number of thioether (sulfide) groups is 1. The van der Waals surface area contributed by atoms with Crippen molar-refractivity contribution in [1.29, 1.82) is 0 Å². The molecule has 0 saturated carbocycles. The third-order valence-electron chi connectivity index (χ3n) is 5.22. The number of fused-ring (bicyclic) bond motifs is 1. The number of carbonyl (C=O) groups is 1. The minimum atomic E-state index is -0.218. The molecular formula is C22H27NO2S. The first-order valence-electron chi connectivity index (χ1n) is 9.43. The second-order valence-corrected chi connectivity index (χ2v) is 8.00. The second-order valence-electron chi connectivity index (χ2n) is 6.69. The third-order valence-corrected chi connectivity index (χ3v) is 6.18. The fraction of sp³-hybridized carbons (Fsp3) is 0.409. The van der Waals surface area contributed by atoms with Crippen LogP contribution < -0.4 is 10.1 Å². The first-order valence-corrected chi connectivity index (χ1v) is 10.4. The number of ether oxygens (including phenoxy) is 1. The van der Waals surface area contributed by atoms with E-state index in [1.165, 1.54) is 0 Å². The first kappa shape index (κ1) is 18.8. The number of hydrogen-bond donors (Lipinski definition) is 1. The number of para-hydroxylation sites is 1. The summed E-state index contributed by atoms with van der Waals surface area (Å²) in [7, 11) is 0. The van der Waals surface area contributed by atoms with E-state index >= 15 is 0 Å². The molecule has 0 spiro atoms. The van der Waals surface area contributed by atoms with Gasteiger partial charge in [0.2, 0.25) is 0 Å². The molecule has 2 aromatic rings. The Bertz CT molecular complexity index is 770.